The van der Waals surface area contributed by atoms with E-state index in [1.807, 2.05) is 6.07 Å². The number of aromatic nitrogens is 3. The predicted octanol–water partition coefficient (Wildman–Crippen LogP) is 1.13. The van der Waals surface area contributed by atoms with Gasteiger partial charge in [0.1, 0.15) is 5.69 Å². The van der Waals surface area contributed by atoms with Gasteiger partial charge >= 0.3 is 5.97 Å². The number of ether oxygens (including phenoxy) is 1. The largest absolute Gasteiger partial charge is 0.469 e. The Morgan fingerprint density at radius 2 is 2.17 bits per heavy atom. The van der Waals surface area contributed by atoms with E-state index in [1.165, 1.54) is 7.11 Å². The molecule has 8 nitrogen and oxygen atoms in total. The molecule has 1 amide bonds. The standard InChI is InChI=1S/C15H18N4O4/c1-22-14(21)6-4-10-17-12(20)7-8-13-18-15(19-23-13)11-5-2-3-9-16-11/h2-3,5,9H,4,6-8,10H2,1H3,(H,17,20). The zero-order valence-corrected chi connectivity index (χ0v) is 12.8. The van der Waals surface area contributed by atoms with Gasteiger partial charge in [-0.15, -0.1) is 0 Å². The Labute approximate surface area is 133 Å². The third-order valence-corrected chi connectivity index (χ3v) is 3.04. The quantitative estimate of drug-likeness (QED) is 0.574. The zero-order valence-electron chi connectivity index (χ0n) is 12.8. The van der Waals surface area contributed by atoms with Crippen molar-refractivity contribution in [2.24, 2.45) is 0 Å². The van der Waals surface area contributed by atoms with Crippen LogP contribution >= 0.6 is 0 Å². The van der Waals surface area contributed by atoms with Crippen LogP contribution in [0.1, 0.15) is 25.2 Å². The Morgan fingerprint density at radius 1 is 1.30 bits per heavy atom. The van der Waals surface area contributed by atoms with Crippen LogP contribution in [0, 0.1) is 0 Å². The van der Waals surface area contributed by atoms with Gasteiger partial charge in [-0.25, -0.2) is 0 Å². The van der Waals surface area contributed by atoms with E-state index in [-0.39, 0.29) is 24.7 Å². The normalized spacial score (nSPS) is 10.3. The summed E-state index contributed by atoms with van der Waals surface area (Å²) in [6.07, 6.45) is 3.06. The number of esters is 1. The molecule has 0 radical (unpaired) electrons. The molecule has 8 heteroatoms. The minimum Gasteiger partial charge on any atom is -0.469 e. The number of aryl methyl sites for hydroxylation is 1. The van der Waals surface area contributed by atoms with Crippen molar-refractivity contribution in [3.05, 3.63) is 30.3 Å². The Bertz CT molecular complexity index is 642. The maximum atomic E-state index is 11.7. The topological polar surface area (TPSA) is 107 Å². The monoisotopic (exact) mass is 318 g/mol. The van der Waals surface area contributed by atoms with Crippen LogP contribution < -0.4 is 5.32 Å². The van der Waals surface area contributed by atoms with Gasteiger partial charge < -0.3 is 14.6 Å². The highest BCUT2D eigenvalue weighted by atomic mass is 16.5. The van der Waals surface area contributed by atoms with Crippen LogP contribution in [0.25, 0.3) is 11.5 Å². The summed E-state index contributed by atoms with van der Waals surface area (Å²) >= 11 is 0. The van der Waals surface area contributed by atoms with E-state index in [0.717, 1.165) is 0 Å². The van der Waals surface area contributed by atoms with Gasteiger partial charge in [0, 0.05) is 32.0 Å². The molecule has 0 aliphatic carbocycles. The van der Waals surface area contributed by atoms with Crippen molar-refractivity contribution in [3.8, 4) is 11.5 Å². The molecule has 0 bridgehead atoms. The van der Waals surface area contributed by atoms with E-state index in [9.17, 15) is 9.59 Å². The van der Waals surface area contributed by atoms with Crippen molar-refractivity contribution in [1.82, 2.24) is 20.4 Å². The third-order valence-electron chi connectivity index (χ3n) is 3.04. The van der Waals surface area contributed by atoms with E-state index in [0.29, 0.717) is 36.8 Å². The van der Waals surface area contributed by atoms with E-state index in [1.54, 1.807) is 18.3 Å². The molecular formula is C15H18N4O4. The number of nitrogens with one attached hydrogen (secondary N) is 1. The molecule has 2 rings (SSSR count). The smallest absolute Gasteiger partial charge is 0.305 e. The summed E-state index contributed by atoms with van der Waals surface area (Å²) in [6.45, 7) is 0.428. The number of carbonyl (C=O) groups is 2. The molecule has 0 aromatic carbocycles. The minimum atomic E-state index is -0.285. The first kappa shape index (κ1) is 16.6. The lowest BCUT2D eigenvalue weighted by molar-refractivity contribution is -0.140. The van der Waals surface area contributed by atoms with Crippen LogP contribution in [0.15, 0.2) is 28.9 Å². The lowest BCUT2D eigenvalue weighted by atomic mass is 10.2. The average molecular weight is 318 g/mol. The predicted molar refractivity (Wildman–Crippen MR) is 80.1 cm³/mol. The molecule has 0 fully saturated rings. The zero-order chi connectivity index (χ0) is 16.5. The molecule has 0 atom stereocenters. The van der Waals surface area contributed by atoms with Crippen LogP contribution in [-0.4, -0.2) is 40.7 Å². The maximum Gasteiger partial charge on any atom is 0.305 e. The Kier molecular flexibility index (Phi) is 6.22. The lowest BCUT2D eigenvalue weighted by Gasteiger charge is -2.03. The second-order valence-corrected chi connectivity index (χ2v) is 4.76. The highest BCUT2D eigenvalue weighted by Gasteiger charge is 2.11. The van der Waals surface area contributed by atoms with Crippen molar-refractivity contribution < 1.29 is 18.8 Å². The fourth-order valence-electron chi connectivity index (χ4n) is 1.83. The average Bonchev–Trinajstić information content (AvgIpc) is 3.06. The van der Waals surface area contributed by atoms with E-state index in [4.69, 9.17) is 4.52 Å². The van der Waals surface area contributed by atoms with Gasteiger partial charge in [0.25, 0.3) is 0 Å². The summed E-state index contributed by atoms with van der Waals surface area (Å²) < 4.78 is 9.62. The molecule has 122 valence electrons. The van der Waals surface area contributed by atoms with Crippen LogP contribution in [-0.2, 0) is 20.7 Å². The molecule has 1 N–H and O–H groups in total. The number of nitrogens with zero attached hydrogens (tertiary/aromatic N) is 3. The van der Waals surface area contributed by atoms with Gasteiger partial charge in [-0.2, -0.15) is 4.98 Å². The van der Waals surface area contributed by atoms with Crippen molar-refractivity contribution in [3.63, 3.8) is 0 Å². The molecule has 2 aromatic rings. The highest BCUT2D eigenvalue weighted by Crippen LogP contribution is 2.12. The summed E-state index contributed by atoms with van der Waals surface area (Å²) in [6, 6.07) is 5.41. The van der Waals surface area contributed by atoms with Gasteiger partial charge in [0.05, 0.1) is 7.11 Å². The van der Waals surface area contributed by atoms with Gasteiger partial charge in [-0.1, -0.05) is 11.2 Å². The summed E-state index contributed by atoms with van der Waals surface area (Å²) in [5.74, 6) is 0.370. The maximum absolute atomic E-state index is 11.7. The van der Waals surface area contributed by atoms with Crippen LogP contribution in [0.4, 0.5) is 0 Å². The number of carbonyl (C=O) groups excluding carboxylic acids is 2. The summed E-state index contributed by atoms with van der Waals surface area (Å²) in [5, 5.41) is 6.56. The SMILES string of the molecule is COC(=O)CCCNC(=O)CCc1nc(-c2ccccn2)no1. The molecular weight excluding hydrogens is 300 g/mol. The first-order valence-electron chi connectivity index (χ1n) is 7.26. The fraction of sp³-hybridized carbons (Fsp3) is 0.400. The Hall–Kier alpha value is -2.77. The molecule has 0 aliphatic heterocycles. The molecule has 0 spiro atoms. The number of pyridine rings is 1. The van der Waals surface area contributed by atoms with Gasteiger partial charge in [-0.05, 0) is 18.6 Å². The van der Waals surface area contributed by atoms with Crippen LogP contribution in [0.5, 0.6) is 0 Å². The summed E-state index contributed by atoms with van der Waals surface area (Å²) in [4.78, 5) is 30.9. The molecule has 2 heterocycles. The number of amides is 1. The molecule has 0 saturated carbocycles. The second kappa shape index (κ2) is 8.62. The van der Waals surface area contributed by atoms with Gasteiger partial charge in [0.15, 0.2) is 0 Å². The van der Waals surface area contributed by atoms with Crippen molar-refractivity contribution in [1.29, 1.82) is 0 Å². The number of methoxy groups -OCH3 is 1. The van der Waals surface area contributed by atoms with E-state index in [2.05, 4.69) is 25.2 Å². The summed E-state index contributed by atoms with van der Waals surface area (Å²) in [5.41, 5.74) is 0.620. The molecule has 0 aliphatic rings. The van der Waals surface area contributed by atoms with E-state index < -0.39 is 0 Å². The molecule has 0 saturated heterocycles. The first-order valence-corrected chi connectivity index (χ1v) is 7.26. The number of hydrogen-bond acceptors (Lipinski definition) is 7. The molecule has 23 heavy (non-hydrogen) atoms. The summed E-state index contributed by atoms with van der Waals surface area (Å²) in [7, 11) is 1.34. The van der Waals surface area contributed by atoms with Crippen molar-refractivity contribution in [2.45, 2.75) is 25.7 Å². The van der Waals surface area contributed by atoms with Crippen molar-refractivity contribution >= 4 is 11.9 Å². The first-order chi connectivity index (χ1) is 11.2. The van der Waals surface area contributed by atoms with E-state index >= 15 is 0 Å². The van der Waals surface area contributed by atoms with Gasteiger partial charge in [-0.3, -0.25) is 14.6 Å². The Balaban J connectivity index is 1.71. The molecule has 0 unspecified atom stereocenters. The second-order valence-electron chi connectivity index (χ2n) is 4.76. The third kappa shape index (κ3) is 5.50. The fourth-order valence-corrected chi connectivity index (χ4v) is 1.83. The van der Waals surface area contributed by atoms with Crippen LogP contribution in [0.3, 0.4) is 0 Å². The number of hydrogen-bond donors (Lipinski definition) is 1. The van der Waals surface area contributed by atoms with Crippen LogP contribution in [0.2, 0.25) is 0 Å². The Morgan fingerprint density at radius 3 is 2.91 bits per heavy atom. The minimum absolute atomic E-state index is 0.132. The number of rotatable bonds is 8. The lowest BCUT2D eigenvalue weighted by Crippen LogP contribution is -2.25. The van der Waals surface area contributed by atoms with Crippen molar-refractivity contribution in [2.75, 3.05) is 13.7 Å². The highest BCUT2D eigenvalue weighted by molar-refractivity contribution is 5.76. The van der Waals surface area contributed by atoms with Gasteiger partial charge in [0.2, 0.25) is 17.6 Å². The molecule has 2 aromatic heterocycles.